The standard InChI is InChI=1S/C28H28ClN7O2/c1-37-24-14-11-21(17-25(24)38-19-20-9-12-22(29)13-10-20)18-30-35-27-32-26(31-23-7-3-2-4-8-23)33-28(34-27)36-15-5-6-16-36/h2-4,7-14,17-18H,5-6,15-16,19H2,1H3,(H2,31,32,33,34,35)/b30-18+. The zero-order chi connectivity index (χ0) is 26.2. The van der Waals surface area contributed by atoms with Crippen LogP contribution in [-0.4, -0.2) is 41.4 Å². The fraction of sp³-hybridized carbons (Fsp3) is 0.214. The first-order valence-electron chi connectivity index (χ1n) is 12.3. The van der Waals surface area contributed by atoms with Gasteiger partial charge in [0.15, 0.2) is 11.5 Å². The van der Waals surface area contributed by atoms with Crippen LogP contribution in [0.25, 0.3) is 0 Å². The molecule has 1 aliphatic rings. The van der Waals surface area contributed by atoms with Gasteiger partial charge in [0.1, 0.15) is 6.61 Å². The molecule has 1 fully saturated rings. The van der Waals surface area contributed by atoms with Gasteiger partial charge in [-0.05, 0) is 66.4 Å². The average Bonchev–Trinajstić information content (AvgIpc) is 3.49. The highest BCUT2D eigenvalue weighted by atomic mass is 35.5. The molecule has 0 radical (unpaired) electrons. The third kappa shape index (κ3) is 6.68. The predicted molar refractivity (Wildman–Crippen MR) is 151 cm³/mol. The van der Waals surface area contributed by atoms with Gasteiger partial charge in [0.25, 0.3) is 0 Å². The molecule has 10 heteroatoms. The third-order valence-electron chi connectivity index (χ3n) is 5.92. The van der Waals surface area contributed by atoms with Gasteiger partial charge in [0, 0.05) is 23.8 Å². The zero-order valence-electron chi connectivity index (χ0n) is 21.0. The van der Waals surface area contributed by atoms with Gasteiger partial charge in [-0.15, -0.1) is 0 Å². The van der Waals surface area contributed by atoms with Gasteiger partial charge in [0.2, 0.25) is 17.8 Å². The number of hydrogen-bond donors (Lipinski definition) is 2. The van der Waals surface area contributed by atoms with Crippen molar-refractivity contribution in [2.45, 2.75) is 19.4 Å². The van der Waals surface area contributed by atoms with Crippen molar-refractivity contribution in [2.24, 2.45) is 5.10 Å². The molecule has 4 aromatic rings. The second-order valence-electron chi connectivity index (χ2n) is 8.66. The van der Waals surface area contributed by atoms with E-state index in [1.807, 2.05) is 72.8 Å². The number of anilines is 4. The van der Waals surface area contributed by atoms with Gasteiger partial charge in [-0.25, -0.2) is 5.43 Å². The van der Waals surface area contributed by atoms with Crippen molar-refractivity contribution in [3.8, 4) is 11.5 Å². The third-order valence-corrected chi connectivity index (χ3v) is 6.17. The Morgan fingerprint density at radius 1 is 0.921 bits per heavy atom. The lowest BCUT2D eigenvalue weighted by Crippen LogP contribution is -2.21. The first-order valence-corrected chi connectivity index (χ1v) is 12.7. The summed E-state index contributed by atoms with van der Waals surface area (Å²) < 4.78 is 11.5. The summed E-state index contributed by atoms with van der Waals surface area (Å²) in [7, 11) is 1.61. The molecule has 9 nitrogen and oxygen atoms in total. The molecule has 0 amide bonds. The van der Waals surface area contributed by atoms with Crippen molar-refractivity contribution in [1.82, 2.24) is 15.0 Å². The highest BCUT2D eigenvalue weighted by Crippen LogP contribution is 2.29. The Hall–Kier alpha value is -4.37. The number of nitrogens with zero attached hydrogens (tertiary/aromatic N) is 5. The molecule has 194 valence electrons. The number of methoxy groups -OCH3 is 1. The van der Waals surface area contributed by atoms with E-state index in [1.54, 1.807) is 13.3 Å². The summed E-state index contributed by atoms with van der Waals surface area (Å²) in [6.07, 6.45) is 3.92. The summed E-state index contributed by atoms with van der Waals surface area (Å²) in [6, 6.07) is 22.9. The fourth-order valence-corrected chi connectivity index (χ4v) is 4.10. The van der Waals surface area contributed by atoms with Crippen molar-refractivity contribution in [3.05, 3.63) is 88.9 Å². The number of ether oxygens (including phenoxy) is 2. The van der Waals surface area contributed by atoms with Crippen LogP contribution < -0.4 is 25.1 Å². The minimum atomic E-state index is 0.351. The average molecular weight is 530 g/mol. The van der Waals surface area contributed by atoms with Crippen molar-refractivity contribution in [1.29, 1.82) is 0 Å². The molecule has 3 aromatic carbocycles. The van der Waals surface area contributed by atoms with E-state index in [-0.39, 0.29) is 0 Å². The molecule has 2 N–H and O–H groups in total. The predicted octanol–water partition coefficient (Wildman–Crippen LogP) is 5.90. The summed E-state index contributed by atoms with van der Waals surface area (Å²) in [5.74, 6) is 2.67. The van der Waals surface area contributed by atoms with Gasteiger partial charge in [-0.2, -0.15) is 20.1 Å². The van der Waals surface area contributed by atoms with E-state index in [4.69, 9.17) is 21.1 Å². The molecule has 0 unspecified atom stereocenters. The summed E-state index contributed by atoms with van der Waals surface area (Å²) in [5.41, 5.74) is 5.66. The Morgan fingerprint density at radius 2 is 1.68 bits per heavy atom. The molecule has 2 heterocycles. The monoisotopic (exact) mass is 529 g/mol. The quantitative estimate of drug-likeness (QED) is 0.193. The van der Waals surface area contributed by atoms with E-state index in [9.17, 15) is 0 Å². The Kier molecular flexibility index (Phi) is 8.15. The van der Waals surface area contributed by atoms with Crippen LogP contribution in [0.4, 0.5) is 23.5 Å². The van der Waals surface area contributed by atoms with Crippen LogP contribution in [0.3, 0.4) is 0 Å². The van der Waals surface area contributed by atoms with Crippen molar-refractivity contribution < 1.29 is 9.47 Å². The lowest BCUT2D eigenvalue weighted by molar-refractivity contribution is 0.284. The van der Waals surface area contributed by atoms with Crippen LogP contribution >= 0.6 is 11.6 Å². The Morgan fingerprint density at radius 3 is 2.45 bits per heavy atom. The second-order valence-corrected chi connectivity index (χ2v) is 9.10. The normalized spacial score (nSPS) is 13.1. The van der Waals surface area contributed by atoms with Crippen LogP contribution in [0.2, 0.25) is 5.02 Å². The molecule has 5 rings (SSSR count). The van der Waals surface area contributed by atoms with Crippen molar-refractivity contribution in [3.63, 3.8) is 0 Å². The fourth-order valence-electron chi connectivity index (χ4n) is 3.97. The number of aromatic nitrogens is 3. The molecule has 0 atom stereocenters. The Bertz CT molecular complexity index is 1380. The maximum Gasteiger partial charge on any atom is 0.250 e. The highest BCUT2D eigenvalue weighted by molar-refractivity contribution is 6.30. The van der Waals surface area contributed by atoms with Gasteiger partial charge < -0.3 is 19.7 Å². The SMILES string of the molecule is COc1ccc(/C=N/Nc2nc(Nc3ccccc3)nc(N3CCCC3)n2)cc1OCc1ccc(Cl)cc1. The number of para-hydroxylation sites is 1. The maximum atomic E-state index is 6.01. The molecule has 0 bridgehead atoms. The van der Waals surface area contributed by atoms with Crippen LogP contribution in [0, 0.1) is 0 Å². The van der Waals surface area contributed by atoms with Crippen LogP contribution in [0.5, 0.6) is 11.5 Å². The first-order chi connectivity index (χ1) is 18.7. The van der Waals surface area contributed by atoms with E-state index in [1.165, 1.54) is 0 Å². The molecule has 0 aliphatic carbocycles. The summed E-state index contributed by atoms with van der Waals surface area (Å²) >= 11 is 5.98. The van der Waals surface area contributed by atoms with Gasteiger partial charge in [-0.3, -0.25) is 0 Å². The molecule has 0 saturated carbocycles. The Balaban J connectivity index is 1.31. The Labute approximate surface area is 226 Å². The lowest BCUT2D eigenvalue weighted by atomic mass is 10.2. The number of nitrogens with one attached hydrogen (secondary N) is 2. The molecule has 0 spiro atoms. The molecule has 1 aliphatic heterocycles. The topological polar surface area (TPSA) is 96.8 Å². The van der Waals surface area contributed by atoms with Gasteiger partial charge in [-0.1, -0.05) is 41.9 Å². The minimum absolute atomic E-state index is 0.351. The number of hydrazone groups is 1. The minimum Gasteiger partial charge on any atom is -0.493 e. The maximum absolute atomic E-state index is 6.01. The summed E-state index contributed by atoms with van der Waals surface area (Å²) in [6.45, 7) is 2.22. The van der Waals surface area contributed by atoms with E-state index in [2.05, 4.69) is 35.7 Å². The first kappa shape index (κ1) is 25.3. The molecule has 1 saturated heterocycles. The lowest BCUT2D eigenvalue weighted by Gasteiger charge is -2.16. The van der Waals surface area contributed by atoms with Gasteiger partial charge >= 0.3 is 0 Å². The summed E-state index contributed by atoms with van der Waals surface area (Å²) in [5, 5.41) is 8.30. The number of benzene rings is 3. The largest absolute Gasteiger partial charge is 0.493 e. The van der Waals surface area contributed by atoms with E-state index >= 15 is 0 Å². The van der Waals surface area contributed by atoms with E-state index in [0.29, 0.717) is 41.0 Å². The zero-order valence-corrected chi connectivity index (χ0v) is 21.7. The molecule has 1 aromatic heterocycles. The highest BCUT2D eigenvalue weighted by Gasteiger charge is 2.17. The number of halogens is 1. The summed E-state index contributed by atoms with van der Waals surface area (Å²) in [4.78, 5) is 15.9. The number of hydrogen-bond acceptors (Lipinski definition) is 9. The van der Waals surface area contributed by atoms with Crippen LogP contribution in [0.15, 0.2) is 77.9 Å². The van der Waals surface area contributed by atoms with E-state index in [0.717, 1.165) is 42.7 Å². The van der Waals surface area contributed by atoms with Gasteiger partial charge in [0.05, 0.1) is 13.3 Å². The van der Waals surface area contributed by atoms with Crippen molar-refractivity contribution in [2.75, 3.05) is 35.8 Å². The molecular weight excluding hydrogens is 502 g/mol. The smallest absolute Gasteiger partial charge is 0.250 e. The second kappa shape index (κ2) is 12.2. The van der Waals surface area contributed by atoms with Crippen molar-refractivity contribution >= 4 is 41.3 Å². The van der Waals surface area contributed by atoms with Crippen LogP contribution in [-0.2, 0) is 6.61 Å². The van der Waals surface area contributed by atoms with Crippen LogP contribution in [0.1, 0.15) is 24.0 Å². The molecule has 38 heavy (non-hydrogen) atoms. The molecular formula is C28H28ClN7O2. The number of rotatable bonds is 10. The van der Waals surface area contributed by atoms with E-state index < -0.39 is 0 Å².